The Kier molecular flexibility index (Phi) is 4.52. The first-order valence-electron chi connectivity index (χ1n) is 8.26. The molecule has 1 aliphatic heterocycles. The van der Waals surface area contributed by atoms with E-state index >= 15 is 0 Å². The number of pyridine rings is 1. The first kappa shape index (κ1) is 17.5. The van der Waals surface area contributed by atoms with E-state index < -0.39 is 11.0 Å². The van der Waals surface area contributed by atoms with Gasteiger partial charge in [-0.25, -0.2) is 14.2 Å². The van der Waals surface area contributed by atoms with Gasteiger partial charge in [0.1, 0.15) is 10.3 Å². The highest BCUT2D eigenvalue weighted by atomic mass is 32.2. The zero-order chi connectivity index (χ0) is 19.0. The number of nitriles is 2. The van der Waals surface area contributed by atoms with Crippen LogP contribution in [0.25, 0.3) is 10.9 Å². The average molecular weight is 397 g/mol. The summed E-state index contributed by atoms with van der Waals surface area (Å²) < 4.78 is 16.2. The Morgan fingerprint density at radius 3 is 3.00 bits per heavy atom. The quantitative estimate of drug-likeness (QED) is 0.698. The fourth-order valence-corrected chi connectivity index (χ4v) is 5.05. The molecular weight excluding hydrogens is 382 g/mol. The van der Waals surface area contributed by atoms with Crippen molar-refractivity contribution in [3.8, 4) is 12.1 Å². The van der Waals surface area contributed by atoms with Gasteiger partial charge in [0.25, 0.3) is 0 Å². The van der Waals surface area contributed by atoms with E-state index in [4.69, 9.17) is 5.26 Å². The van der Waals surface area contributed by atoms with E-state index in [0.717, 1.165) is 29.0 Å². The van der Waals surface area contributed by atoms with Crippen molar-refractivity contribution in [2.24, 2.45) is 5.92 Å². The molecule has 10 heteroatoms. The van der Waals surface area contributed by atoms with Gasteiger partial charge in [-0.15, -0.1) is 0 Å². The Hall–Kier alpha value is -2.95. The number of anilines is 2. The van der Waals surface area contributed by atoms with Crippen molar-refractivity contribution in [3.05, 3.63) is 29.7 Å². The predicted molar refractivity (Wildman–Crippen MR) is 104 cm³/mol. The molecule has 2 atom stereocenters. The number of nitrogens with zero attached hydrogens (tertiary/aromatic N) is 5. The highest BCUT2D eigenvalue weighted by Crippen LogP contribution is 2.31. The summed E-state index contributed by atoms with van der Waals surface area (Å²) in [7, 11) is -1.53. The van der Waals surface area contributed by atoms with E-state index in [1.807, 2.05) is 11.8 Å². The zero-order valence-electron chi connectivity index (χ0n) is 14.4. The predicted octanol–water partition coefficient (Wildman–Crippen LogP) is 2.68. The van der Waals surface area contributed by atoms with Crippen LogP contribution >= 0.6 is 11.3 Å². The Balaban J connectivity index is 1.56. The van der Waals surface area contributed by atoms with Gasteiger partial charge >= 0.3 is 0 Å². The minimum Gasteiger partial charge on any atom is -0.357 e. The largest absolute Gasteiger partial charge is 0.357 e. The third-order valence-electron chi connectivity index (χ3n) is 4.50. The van der Waals surface area contributed by atoms with E-state index in [2.05, 4.69) is 31.8 Å². The van der Waals surface area contributed by atoms with Gasteiger partial charge in [-0.05, 0) is 18.9 Å². The Morgan fingerprint density at radius 2 is 2.26 bits per heavy atom. The molecule has 0 radical (unpaired) electrons. The lowest BCUT2D eigenvalue weighted by Crippen LogP contribution is -2.18. The fraction of sp³-hybridized carbons (Fsp3) is 0.294. The number of aryl methyl sites for hydroxylation is 1. The maximum absolute atomic E-state index is 12.7. The van der Waals surface area contributed by atoms with Crippen LogP contribution in [0.3, 0.4) is 0 Å². The molecule has 0 spiro atoms. The summed E-state index contributed by atoms with van der Waals surface area (Å²) in [5.74, 6) is 0.448. The Bertz CT molecular complexity index is 1120. The smallest absolute Gasteiger partial charge is 0.186 e. The minimum absolute atomic E-state index is 0.0215. The van der Waals surface area contributed by atoms with Gasteiger partial charge in [0, 0.05) is 30.9 Å². The van der Waals surface area contributed by atoms with Crippen LogP contribution in [0.5, 0.6) is 0 Å². The number of thiazole rings is 1. The standard InChI is InChI=1S/C17H15N7OS2/c1-10-6-21-16(15-14(10)12(5-19)7-20-15)23-27(25)13-8-22-17(26-13)24-3-2-11(4-18)9-24/h6-8,11,20H,2-3,9H2,1H3,(H,21,23). The van der Waals surface area contributed by atoms with Gasteiger partial charge in [-0.2, -0.15) is 10.5 Å². The maximum Gasteiger partial charge on any atom is 0.186 e. The summed E-state index contributed by atoms with van der Waals surface area (Å²) in [6, 6.07) is 4.43. The Morgan fingerprint density at radius 1 is 1.41 bits per heavy atom. The SMILES string of the molecule is Cc1cnc(NS(=O)c2cnc(N3CCC(C#N)C3)s2)c2[nH]cc(C#N)c12. The number of fused-ring (bicyclic) bond motifs is 1. The molecule has 1 fully saturated rings. The molecule has 3 aromatic heterocycles. The van der Waals surface area contributed by atoms with Gasteiger partial charge in [0.05, 0.1) is 29.3 Å². The highest BCUT2D eigenvalue weighted by Gasteiger charge is 2.25. The van der Waals surface area contributed by atoms with Gasteiger partial charge in [0.15, 0.2) is 21.9 Å². The first-order valence-corrected chi connectivity index (χ1v) is 10.2. The van der Waals surface area contributed by atoms with Crippen molar-refractivity contribution in [2.45, 2.75) is 17.6 Å². The second-order valence-corrected chi connectivity index (χ2v) is 8.70. The summed E-state index contributed by atoms with van der Waals surface area (Å²) >= 11 is 1.34. The average Bonchev–Trinajstić information content (AvgIpc) is 3.42. The van der Waals surface area contributed by atoms with E-state index in [1.54, 1.807) is 18.6 Å². The van der Waals surface area contributed by atoms with Crippen LogP contribution in [-0.2, 0) is 11.0 Å². The molecule has 0 amide bonds. The van der Waals surface area contributed by atoms with E-state index in [-0.39, 0.29) is 5.92 Å². The molecule has 4 heterocycles. The fourth-order valence-electron chi connectivity index (χ4n) is 3.14. The molecule has 0 aliphatic carbocycles. The summed E-state index contributed by atoms with van der Waals surface area (Å²) in [4.78, 5) is 13.8. The van der Waals surface area contributed by atoms with Gasteiger partial charge < -0.3 is 9.88 Å². The normalized spacial score (nSPS) is 17.6. The second kappa shape index (κ2) is 6.99. The molecule has 0 aromatic carbocycles. The topological polar surface area (TPSA) is 121 Å². The van der Waals surface area contributed by atoms with Gasteiger partial charge in [0.2, 0.25) is 0 Å². The lowest BCUT2D eigenvalue weighted by atomic mass is 10.1. The number of H-pyrrole nitrogens is 1. The molecule has 136 valence electrons. The van der Waals surface area contributed by atoms with Crippen LogP contribution in [0.15, 0.2) is 22.8 Å². The number of hydrogen-bond acceptors (Lipinski definition) is 7. The van der Waals surface area contributed by atoms with Crippen molar-refractivity contribution < 1.29 is 4.21 Å². The van der Waals surface area contributed by atoms with Crippen LogP contribution in [0.2, 0.25) is 0 Å². The maximum atomic E-state index is 12.7. The molecule has 2 unspecified atom stereocenters. The van der Waals surface area contributed by atoms with Crippen LogP contribution in [0.1, 0.15) is 17.5 Å². The third kappa shape index (κ3) is 3.14. The van der Waals surface area contributed by atoms with E-state index in [9.17, 15) is 9.47 Å². The second-order valence-electron chi connectivity index (χ2n) is 6.25. The van der Waals surface area contributed by atoms with Crippen LogP contribution in [0, 0.1) is 35.5 Å². The van der Waals surface area contributed by atoms with Gasteiger partial charge in [-0.1, -0.05) is 11.3 Å². The number of rotatable bonds is 4. The molecule has 2 N–H and O–H groups in total. The van der Waals surface area contributed by atoms with Crippen LogP contribution in [0.4, 0.5) is 10.9 Å². The van der Waals surface area contributed by atoms with Gasteiger partial charge in [-0.3, -0.25) is 4.72 Å². The highest BCUT2D eigenvalue weighted by molar-refractivity contribution is 7.88. The zero-order valence-corrected chi connectivity index (χ0v) is 16.0. The molecule has 8 nitrogen and oxygen atoms in total. The molecule has 3 aromatic rings. The number of aromatic amines is 1. The van der Waals surface area contributed by atoms with Crippen molar-refractivity contribution in [1.29, 1.82) is 10.5 Å². The van der Waals surface area contributed by atoms with Crippen molar-refractivity contribution in [2.75, 3.05) is 22.7 Å². The summed E-state index contributed by atoms with van der Waals surface area (Å²) in [5.41, 5.74) is 2.06. The molecule has 1 aliphatic rings. The molecule has 27 heavy (non-hydrogen) atoms. The number of aromatic nitrogens is 3. The lowest BCUT2D eigenvalue weighted by Gasteiger charge is -2.12. The first-order chi connectivity index (χ1) is 13.1. The monoisotopic (exact) mass is 397 g/mol. The summed E-state index contributed by atoms with van der Waals surface area (Å²) in [6.07, 6.45) is 5.69. The van der Waals surface area contributed by atoms with Crippen molar-refractivity contribution >= 4 is 44.2 Å². The molecule has 0 saturated carbocycles. The van der Waals surface area contributed by atoms with Crippen molar-refractivity contribution in [1.82, 2.24) is 15.0 Å². The molecule has 4 rings (SSSR count). The van der Waals surface area contributed by atoms with Crippen molar-refractivity contribution in [3.63, 3.8) is 0 Å². The molecular formula is C17H15N7OS2. The number of nitrogens with one attached hydrogen (secondary N) is 2. The minimum atomic E-state index is -1.53. The Labute approximate surface area is 162 Å². The molecule has 0 bridgehead atoms. The molecule has 1 saturated heterocycles. The summed E-state index contributed by atoms with van der Waals surface area (Å²) in [5, 5.41) is 19.8. The van der Waals surface area contributed by atoms with E-state index in [0.29, 0.717) is 27.7 Å². The van der Waals surface area contributed by atoms with Crippen LogP contribution in [-0.4, -0.2) is 32.3 Å². The third-order valence-corrected chi connectivity index (χ3v) is 6.91. The van der Waals surface area contributed by atoms with Crippen LogP contribution < -0.4 is 9.62 Å². The van der Waals surface area contributed by atoms with E-state index in [1.165, 1.54) is 11.3 Å². The summed E-state index contributed by atoms with van der Waals surface area (Å²) in [6.45, 7) is 3.32. The lowest BCUT2D eigenvalue weighted by molar-refractivity contribution is 0.687. The number of hydrogen-bond donors (Lipinski definition) is 2.